The molecule has 0 radical (unpaired) electrons. The van der Waals surface area contributed by atoms with Crippen molar-refractivity contribution in [1.82, 2.24) is 10.3 Å². The number of hydrogen-bond acceptors (Lipinski definition) is 6. The summed E-state index contributed by atoms with van der Waals surface area (Å²) in [5.41, 5.74) is 5.42. The van der Waals surface area contributed by atoms with Crippen molar-refractivity contribution in [3.05, 3.63) is 4.88 Å². The fourth-order valence-corrected chi connectivity index (χ4v) is 2.70. The summed E-state index contributed by atoms with van der Waals surface area (Å²) in [6.07, 6.45) is 1.87. The van der Waals surface area contributed by atoms with Crippen molar-refractivity contribution in [2.24, 2.45) is 0 Å². The number of aromatic nitrogens is 1. The summed E-state index contributed by atoms with van der Waals surface area (Å²) >= 11 is 1.25. The van der Waals surface area contributed by atoms with Crippen LogP contribution in [0.15, 0.2) is 0 Å². The third-order valence-corrected chi connectivity index (χ3v) is 4.01. The van der Waals surface area contributed by atoms with Crippen molar-refractivity contribution >= 4 is 28.2 Å². The van der Waals surface area contributed by atoms with E-state index < -0.39 is 0 Å². The third kappa shape index (κ3) is 2.73. The zero-order valence-corrected chi connectivity index (χ0v) is 11.4. The molecule has 100 valence electrons. The van der Waals surface area contributed by atoms with Gasteiger partial charge in [0.05, 0.1) is 12.1 Å². The summed E-state index contributed by atoms with van der Waals surface area (Å²) in [6.45, 7) is 3.29. The van der Waals surface area contributed by atoms with Crippen molar-refractivity contribution in [2.75, 3.05) is 31.3 Å². The van der Waals surface area contributed by atoms with E-state index in [9.17, 15) is 4.79 Å². The molecule has 6 nitrogen and oxygen atoms in total. The molecule has 1 amide bonds. The molecular formula is C11H18N4O2S. The minimum atomic E-state index is -0.314. The second-order valence-electron chi connectivity index (χ2n) is 4.65. The van der Waals surface area contributed by atoms with E-state index >= 15 is 0 Å². The molecule has 1 aromatic rings. The molecule has 7 heteroatoms. The van der Waals surface area contributed by atoms with Gasteiger partial charge in [-0.15, -0.1) is 0 Å². The van der Waals surface area contributed by atoms with Crippen LogP contribution in [0.25, 0.3) is 0 Å². The number of carbonyl (C=O) groups is 1. The van der Waals surface area contributed by atoms with Gasteiger partial charge >= 0.3 is 0 Å². The van der Waals surface area contributed by atoms with E-state index in [4.69, 9.17) is 10.5 Å². The average molecular weight is 270 g/mol. The van der Waals surface area contributed by atoms with Gasteiger partial charge in [-0.2, -0.15) is 0 Å². The third-order valence-electron chi connectivity index (χ3n) is 2.93. The fourth-order valence-electron chi connectivity index (χ4n) is 1.96. The molecule has 0 bridgehead atoms. The summed E-state index contributed by atoms with van der Waals surface area (Å²) < 4.78 is 5.41. The van der Waals surface area contributed by atoms with Gasteiger partial charge in [0.1, 0.15) is 10.7 Å². The summed E-state index contributed by atoms with van der Waals surface area (Å²) in [4.78, 5) is 16.7. The van der Waals surface area contributed by atoms with E-state index in [-0.39, 0.29) is 17.3 Å². The highest BCUT2D eigenvalue weighted by molar-refractivity contribution is 7.18. The number of rotatable bonds is 3. The van der Waals surface area contributed by atoms with Crippen LogP contribution in [0.2, 0.25) is 0 Å². The van der Waals surface area contributed by atoms with Crippen LogP contribution in [0.5, 0.6) is 0 Å². The molecule has 2 heterocycles. The fraction of sp³-hybridized carbons (Fsp3) is 0.636. The Morgan fingerprint density at radius 1 is 1.61 bits per heavy atom. The van der Waals surface area contributed by atoms with Crippen molar-refractivity contribution in [2.45, 2.75) is 25.3 Å². The molecule has 4 N–H and O–H groups in total. The summed E-state index contributed by atoms with van der Waals surface area (Å²) in [5.74, 6) is 0.0849. The molecule has 0 aromatic carbocycles. The Kier molecular flexibility index (Phi) is 3.72. The van der Waals surface area contributed by atoms with E-state index in [0.29, 0.717) is 16.6 Å². The molecule has 2 rings (SSSR count). The number of amides is 1. The average Bonchev–Trinajstić information content (AvgIpc) is 2.71. The van der Waals surface area contributed by atoms with Crippen LogP contribution in [0.4, 0.5) is 10.9 Å². The van der Waals surface area contributed by atoms with Gasteiger partial charge in [-0.05, 0) is 19.8 Å². The van der Waals surface area contributed by atoms with Gasteiger partial charge in [0.25, 0.3) is 5.91 Å². The molecule has 1 fully saturated rings. The van der Waals surface area contributed by atoms with Crippen LogP contribution in [-0.2, 0) is 4.74 Å². The lowest BCUT2D eigenvalue weighted by Crippen LogP contribution is -2.51. The lowest BCUT2D eigenvalue weighted by molar-refractivity contribution is 0.0274. The predicted octanol–water partition coefficient (Wildman–Crippen LogP) is 1.07. The zero-order chi connectivity index (χ0) is 13.2. The van der Waals surface area contributed by atoms with Crippen molar-refractivity contribution in [3.63, 3.8) is 0 Å². The van der Waals surface area contributed by atoms with Crippen LogP contribution >= 0.6 is 11.3 Å². The van der Waals surface area contributed by atoms with E-state index in [1.54, 1.807) is 7.05 Å². The first-order chi connectivity index (χ1) is 8.54. The number of nitrogens with two attached hydrogens (primary N) is 1. The summed E-state index contributed by atoms with van der Waals surface area (Å²) in [5, 5.41) is 6.51. The van der Waals surface area contributed by atoms with Gasteiger partial charge in [0, 0.05) is 13.7 Å². The van der Waals surface area contributed by atoms with Crippen LogP contribution in [0.1, 0.15) is 29.4 Å². The second-order valence-corrected chi connectivity index (χ2v) is 5.65. The summed E-state index contributed by atoms with van der Waals surface area (Å²) in [6, 6.07) is 0. The first kappa shape index (κ1) is 13.1. The number of hydrogen-bond donors (Lipinski definition) is 3. The van der Waals surface area contributed by atoms with Gasteiger partial charge in [-0.25, -0.2) is 4.98 Å². The van der Waals surface area contributed by atoms with Gasteiger partial charge in [-0.3, -0.25) is 4.79 Å². The molecule has 0 aliphatic carbocycles. The number of ether oxygens (including phenoxy) is 1. The maximum atomic E-state index is 12.2. The van der Waals surface area contributed by atoms with Crippen LogP contribution in [-0.4, -0.2) is 36.7 Å². The molecule has 1 aliphatic rings. The Bertz CT molecular complexity index is 440. The molecule has 18 heavy (non-hydrogen) atoms. The van der Waals surface area contributed by atoms with Crippen LogP contribution in [0, 0.1) is 0 Å². The Morgan fingerprint density at radius 2 is 2.39 bits per heavy atom. The highest BCUT2D eigenvalue weighted by Crippen LogP contribution is 2.26. The monoisotopic (exact) mass is 270 g/mol. The molecule has 1 atom stereocenters. The van der Waals surface area contributed by atoms with Gasteiger partial charge in [-0.1, -0.05) is 11.3 Å². The topological polar surface area (TPSA) is 89.3 Å². The highest BCUT2D eigenvalue weighted by atomic mass is 32.1. The lowest BCUT2D eigenvalue weighted by Gasteiger charge is -2.34. The van der Waals surface area contributed by atoms with Crippen molar-refractivity contribution < 1.29 is 9.53 Å². The molecule has 0 saturated carbocycles. The smallest absolute Gasteiger partial charge is 0.265 e. The van der Waals surface area contributed by atoms with E-state index in [1.165, 1.54) is 11.3 Å². The van der Waals surface area contributed by atoms with Gasteiger partial charge in [0.15, 0.2) is 5.13 Å². The van der Waals surface area contributed by atoms with E-state index in [1.807, 2.05) is 6.92 Å². The Labute approximate surface area is 110 Å². The molecule has 0 spiro atoms. The SMILES string of the molecule is CNc1nc(N)c(C(=O)NC2(C)CCCOC2)s1. The molecule has 1 unspecified atom stereocenters. The van der Waals surface area contributed by atoms with Gasteiger partial charge < -0.3 is 21.1 Å². The van der Waals surface area contributed by atoms with E-state index in [0.717, 1.165) is 19.4 Å². The number of nitrogens with one attached hydrogen (secondary N) is 2. The van der Waals surface area contributed by atoms with Crippen LogP contribution in [0.3, 0.4) is 0 Å². The maximum Gasteiger partial charge on any atom is 0.265 e. The minimum Gasteiger partial charge on any atom is -0.382 e. The summed E-state index contributed by atoms with van der Waals surface area (Å²) in [7, 11) is 1.75. The molecular weight excluding hydrogens is 252 g/mol. The number of thiazole rings is 1. The first-order valence-electron chi connectivity index (χ1n) is 5.88. The molecule has 1 aromatic heterocycles. The maximum absolute atomic E-state index is 12.2. The Morgan fingerprint density at radius 3 is 2.94 bits per heavy atom. The van der Waals surface area contributed by atoms with Crippen molar-refractivity contribution in [3.8, 4) is 0 Å². The van der Waals surface area contributed by atoms with Crippen LogP contribution < -0.4 is 16.4 Å². The largest absolute Gasteiger partial charge is 0.382 e. The zero-order valence-electron chi connectivity index (χ0n) is 10.6. The Balaban J connectivity index is 2.08. The predicted molar refractivity (Wildman–Crippen MR) is 72.0 cm³/mol. The lowest BCUT2D eigenvalue weighted by atomic mass is 9.95. The first-order valence-corrected chi connectivity index (χ1v) is 6.70. The molecule has 1 saturated heterocycles. The number of carbonyl (C=O) groups excluding carboxylic acids is 1. The number of nitrogen functional groups attached to an aromatic ring is 1. The van der Waals surface area contributed by atoms with Crippen molar-refractivity contribution in [1.29, 1.82) is 0 Å². The standard InChI is InChI=1S/C11H18N4O2S/c1-11(4-3-5-17-6-11)15-9(16)7-8(12)14-10(13-2)18-7/h3-6,12H2,1-2H3,(H,13,14)(H,15,16). The Hall–Kier alpha value is -1.34. The quantitative estimate of drug-likeness (QED) is 0.764. The number of anilines is 2. The number of nitrogens with zero attached hydrogens (tertiary/aromatic N) is 1. The van der Waals surface area contributed by atoms with Gasteiger partial charge in [0.2, 0.25) is 0 Å². The normalized spacial score (nSPS) is 23.7. The van der Waals surface area contributed by atoms with E-state index in [2.05, 4.69) is 15.6 Å². The molecule has 1 aliphatic heterocycles. The second kappa shape index (κ2) is 5.11. The minimum absolute atomic E-state index is 0.181. The highest BCUT2D eigenvalue weighted by Gasteiger charge is 2.31.